The van der Waals surface area contributed by atoms with Gasteiger partial charge in [0.2, 0.25) is 5.91 Å². The van der Waals surface area contributed by atoms with Gasteiger partial charge in [0.1, 0.15) is 11.5 Å². The number of carbonyl (C=O) groups excluding carboxylic acids is 1. The van der Waals surface area contributed by atoms with E-state index in [-0.39, 0.29) is 18.0 Å². The van der Waals surface area contributed by atoms with Crippen LogP contribution in [0.1, 0.15) is 30.9 Å². The molecule has 0 aliphatic heterocycles. The number of nitrogens with two attached hydrogens (primary N) is 1. The van der Waals surface area contributed by atoms with Crippen molar-refractivity contribution in [1.82, 2.24) is 10.2 Å². The molecule has 18 heavy (non-hydrogen) atoms. The SMILES string of the molecule is CCC(N)C(c1ccc(C)o1)N(C)CC(=O)NC. The lowest BCUT2D eigenvalue weighted by Gasteiger charge is -2.30. The summed E-state index contributed by atoms with van der Waals surface area (Å²) in [5, 5.41) is 2.61. The molecular weight excluding hydrogens is 230 g/mol. The van der Waals surface area contributed by atoms with Gasteiger partial charge in [0, 0.05) is 13.1 Å². The third kappa shape index (κ3) is 3.58. The van der Waals surface area contributed by atoms with Crippen LogP contribution in [0.3, 0.4) is 0 Å². The van der Waals surface area contributed by atoms with Crippen molar-refractivity contribution in [2.45, 2.75) is 32.4 Å². The van der Waals surface area contributed by atoms with Crippen LogP contribution >= 0.6 is 0 Å². The summed E-state index contributed by atoms with van der Waals surface area (Å²) in [7, 11) is 3.51. The number of rotatable bonds is 6. The Bertz CT molecular complexity index is 389. The first-order valence-electron chi connectivity index (χ1n) is 6.22. The lowest BCUT2D eigenvalue weighted by molar-refractivity contribution is -0.122. The molecule has 1 heterocycles. The van der Waals surface area contributed by atoms with Gasteiger partial charge in [-0.25, -0.2) is 0 Å². The van der Waals surface area contributed by atoms with Gasteiger partial charge in [0.15, 0.2) is 0 Å². The highest BCUT2D eigenvalue weighted by atomic mass is 16.3. The topological polar surface area (TPSA) is 71.5 Å². The second kappa shape index (κ2) is 6.56. The van der Waals surface area contributed by atoms with Gasteiger partial charge >= 0.3 is 0 Å². The Morgan fingerprint density at radius 2 is 2.22 bits per heavy atom. The smallest absolute Gasteiger partial charge is 0.233 e. The molecule has 0 bridgehead atoms. The molecule has 5 nitrogen and oxygen atoms in total. The highest BCUT2D eigenvalue weighted by molar-refractivity contribution is 5.77. The minimum Gasteiger partial charge on any atom is -0.465 e. The molecule has 1 aromatic rings. The van der Waals surface area contributed by atoms with Crippen LogP contribution in [0.4, 0.5) is 0 Å². The van der Waals surface area contributed by atoms with E-state index in [2.05, 4.69) is 5.32 Å². The Morgan fingerprint density at radius 3 is 2.67 bits per heavy atom. The van der Waals surface area contributed by atoms with Crippen molar-refractivity contribution >= 4 is 5.91 Å². The predicted octanol–water partition coefficient (Wildman–Crippen LogP) is 1.04. The Kier molecular flexibility index (Phi) is 5.37. The molecule has 1 amide bonds. The van der Waals surface area contributed by atoms with Crippen LogP contribution in [0.5, 0.6) is 0 Å². The van der Waals surface area contributed by atoms with E-state index in [1.165, 1.54) is 0 Å². The van der Waals surface area contributed by atoms with Crippen molar-refractivity contribution in [3.63, 3.8) is 0 Å². The molecule has 2 unspecified atom stereocenters. The monoisotopic (exact) mass is 253 g/mol. The van der Waals surface area contributed by atoms with Gasteiger partial charge in [-0.2, -0.15) is 0 Å². The summed E-state index contributed by atoms with van der Waals surface area (Å²) in [5.74, 6) is 1.63. The largest absolute Gasteiger partial charge is 0.465 e. The molecule has 0 fully saturated rings. The molecule has 2 atom stereocenters. The maximum absolute atomic E-state index is 11.4. The Labute approximate surface area is 108 Å². The fraction of sp³-hybridized carbons (Fsp3) is 0.615. The fourth-order valence-corrected chi connectivity index (χ4v) is 1.99. The van der Waals surface area contributed by atoms with Gasteiger partial charge in [-0.15, -0.1) is 0 Å². The first-order valence-corrected chi connectivity index (χ1v) is 6.22. The fourth-order valence-electron chi connectivity index (χ4n) is 1.99. The van der Waals surface area contributed by atoms with E-state index < -0.39 is 0 Å². The van der Waals surface area contributed by atoms with Crippen LogP contribution in [0.2, 0.25) is 0 Å². The van der Waals surface area contributed by atoms with E-state index in [9.17, 15) is 4.79 Å². The van der Waals surface area contributed by atoms with Gasteiger partial charge in [-0.3, -0.25) is 9.69 Å². The van der Waals surface area contributed by atoms with Crippen LogP contribution in [-0.4, -0.2) is 37.5 Å². The van der Waals surface area contributed by atoms with Gasteiger partial charge in [0.05, 0.1) is 12.6 Å². The number of carbonyl (C=O) groups is 1. The molecule has 0 aromatic carbocycles. The van der Waals surface area contributed by atoms with Crippen LogP contribution in [-0.2, 0) is 4.79 Å². The van der Waals surface area contributed by atoms with Crippen molar-refractivity contribution in [3.8, 4) is 0 Å². The number of nitrogens with zero attached hydrogens (tertiary/aromatic N) is 1. The van der Waals surface area contributed by atoms with Crippen molar-refractivity contribution in [2.75, 3.05) is 20.6 Å². The zero-order chi connectivity index (χ0) is 13.7. The van der Waals surface area contributed by atoms with Crippen LogP contribution in [0, 0.1) is 6.92 Å². The molecule has 0 spiro atoms. The first kappa shape index (κ1) is 14.7. The van der Waals surface area contributed by atoms with Crippen molar-refractivity contribution in [1.29, 1.82) is 0 Å². The van der Waals surface area contributed by atoms with Crippen molar-refractivity contribution in [2.24, 2.45) is 5.73 Å². The van der Waals surface area contributed by atoms with E-state index in [1.54, 1.807) is 7.05 Å². The van der Waals surface area contributed by atoms with Crippen molar-refractivity contribution in [3.05, 3.63) is 23.7 Å². The average molecular weight is 253 g/mol. The zero-order valence-electron chi connectivity index (χ0n) is 11.6. The third-order valence-electron chi connectivity index (χ3n) is 3.08. The number of nitrogens with one attached hydrogen (secondary N) is 1. The Balaban J connectivity index is 2.88. The van der Waals surface area contributed by atoms with Gasteiger partial charge in [-0.05, 0) is 32.5 Å². The summed E-state index contributed by atoms with van der Waals surface area (Å²) in [6.45, 7) is 4.23. The average Bonchev–Trinajstić information content (AvgIpc) is 2.75. The number of hydrogen-bond acceptors (Lipinski definition) is 4. The molecule has 1 rings (SSSR count). The third-order valence-corrected chi connectivity index (χ3v) is 3.08. The first-order chi connectivity index (χ1) is 8.49. The summed E-state index contributed by atoms with van der Waals surface area (Å²) in [5.41, 5.74) is 6.14. The number of amides is 1. The molecule has 0 radical (unpaired) electrons. The normalized spacial score (nSPS) is 14.6. The predicted molar refractivity (Wildman–Crippen MR) is 71.1 cm³/mol. The summed E-state index contributed by atoms with van der Waals surface area (Å²) >= 11 is 0. The van der Waals surface area contributed by atoms with E-state index in [0.29, 0.717) is 6.54 Å². The molecule has 3 N–H and O–H groups in total. The number of hydrogen-bond donors (Lipinski definition) is 2. The molecule has 102 valence electrons. The van der Waals surface area contributed by atoms with Gasteiger partial charge in [0.25, 0.3) is 0 Å². The van der Waals surface area contributed by atoms with E-state index in [0.717, 1.165) is 17.9 Å². The molecule has 0 aliphatic rings. The Morgan fingerprint density at radius 1 is 1.56 bits per heavy atom. The standard InChI is InChI=1S/C13H23N3O2/c1-5-10(14)13(11-7-6-9(2)18-11)16(4)8-12(17)15-3/h6-7,10,13H,5,8,14H2,1-4H3,(H,15,17). The molecular formula is C13H23N3O2. The van der Waals surface area contributed by atoms with E-state index >= 15 is 0 Å². The number of aryl methyl sites for hydroxylation is 1. The maximum Gasteiger partial charge on any atom is 0.233 e. The highest BCUT2D eigenvalue weighted by Crippen LogP contribution is 2.25. The minimum atomic E-state index is -0.0824. The summed E-state index contributed by atoms with van der Waals surface area (Å²) < 4.78 is 5.65. The Hall–Kier alpha value is -1.33. The number of likely N-dealkylation sites (N-methyl/N-ethyl adjacent to an activating group) is 2. The lowest BCUT2D eigenvalue weighted by atomic mass is 10.0. The second-order valence-electron chi connectivity index (χ2n) is 4.55. The van der Waals surface area contributed by atoms with Crippen molar-refractivity contribution < 1.29 is 9.21 Å². The summed E-state index contributed by atoms with van der Waals surface area (Å²) in [6, 6.07) is 3.69. The maximum atomic E-state index is 11.4. The van der Waals surface area contributed by atoms with Gasteiger partial charge in [-0.1, -0.05) is 6.92 Å². The zero-order valence-corrected chi connectivity index (χ0v) is 11.6. The quantitative estimate of drug-likeness (QED) is 0.794. The van der Waals surface area contributed by atoms with Crippen LogP contribution in [0.25, 0.3) is 0 Å². The van der Waals surface area contributed by atoms with E-state index in [1.807, 2.05) is 37.9 Å². The van der Waals surface area contributed by atoms with Crippen LogP contribution in [0.15, 0.2) is 16.5 Å². The summed E-state index contributed by atoms with van der Waals surface area (Å²) in [6.07, 6.45) is 0.822. The molecule has 5 heteroatoms. The lowest BCUT2D eigenvalue weighted by Crippen LogP contribution is -2.42. The summed E-state index contributed by atoms with van der Waals surface area (Å²) in [4.78, 5) is 13.4. The molecule has 1 aromatic heterocycles. The highest BCUT2D eigenvalue weighted by Gasteiger charge is 2.27. The minimum absolute atomic E-state index is 0.0333. The molecule has 0 saturated heterocycles. The number of furan rings is 1. The second-order valence-corrected chi connectivity index (χ2v) is 4.55. The van der Waals surface area contributed by atoms with E-state index in [4.69, 9.17) is 10.2 Å². The molecule has 0 saturated carbocycles. The molecule has 0 aliphatic carbocycles. The van der Waals surface area contributed by atoms with Gasteiger partial charge < -0.3 is 15.5 Å². The van der Waals surface area contributed by atoms with Crippen LogP contribution < -0.4 is 11.1 Å².